The first kappa shape index (κ1) is 22.9. The predicted octanol–water partition coefficient (Wildman–Crippen LogP) is 3.40. The summed E-state index contributed by atoms with van der Waals surface area (Å²) in [6.07, 6.45) is 1.88. The Bertz CT molecular complexity index is 1060. The molecular weight excluding hydrogens is 418 g/mol. The molecule has 0 bridgehead atoms. The van der Waals surface area contributed by atoms with Gasteiger partial charge in [0, 0.05) is 19.2 Å². The number of hydrogen-bond acceptors (Lipinski definition) is 6. The lowest BCUT2D eigenvalue weighted by atomic mass is 10.00. The first-order chi connectivity index (χ1) is 15.9. The van der Waals surface area contributed by atoms with Crippen LogP contribution in [0.3, 0.4) is 0 Å². The van der Waals surface area contributed by atoms with Crippen molar-refractivity contribution < 1.29 is 19.1 Å². The molecule has 2 aromatic carbocycles. The summed E-state index contributed by atoms with van der Waals surface area (Å²) in [5.74, 6) is 0.687. The quantitative estimate of drug-likeness (QED) is 0.604. The Morgan fingerprint density at radius 3 is 2.33 bits per heavy atom. The van der Waals surface area contributed by atoms with Gasteiger partial charge in [0.1, 0.15) is 17.2 Å². The lowest BCUT2D eigenvalue weighted by Gasteiger charge is -2.36. The predicted molar refractivity (Wildman–Crippen MR) is 128 cm³/mol. The number of piperidine rings is 1. The number of likely N-dealkylation sites (N-methyl/N-ethyl adjacent to an activating group) is 1. The number of carbonyl (C=O) groups is 2. The maximum atomic E-state index is 13.7. The van der Waals surface area contributed by atoms with Crippen molar-refractivity contribution in [2.24, 2.45) is 0 Å². The van der Waals surface area contributed by atoms with E-state index < -0.39 is 0 Å². The van der Waals surface area contributed by atoms with E-state index >= 15 is 0 Å². The van der Waals surface area contributed by atoms with Crippen LogP contribution >= 0.6 is 0 Å². The topological polar surface area (TPSA) is 62.3 Å². The molecule has 0 saturated carbocycles. The van der Waals surface area contributed by atoms with E-state index in [1.165, 1.54) is 4.90 Å². The SMILES string of the molecule is CCOc1ccc(C2=C(N(C)C3CCN(C)CC3)C(=O)N(c3cccc(OC)c3)C2=O)cc1. The smallest absolute Gasteiger partial charge is 0.282 e. The summed E-state index contributed by atoms with van der Waals surface area (Å²) in [6.45, 7) is 4.41. The second-order valence-electron chi connectivity index (χ2n) is 8.47. The fourth-order valence-electron chi connectivity index (χ4n) is 4.54. The molecule has 0 unspecified atom stereocenters. The maximum Gasteiger partial charge on any atom is 0.282 e. The van der Waals surface area contributed by atoms with Crippen molar-refractivity contribution in [1.82, 2.24) is 9.80 Å². The van der Waals surface area contributed by atoms with E-state index in [1.807, 2.05) is 43.1 Å². The van der Waals surface area contributed by atoms with Gasteiger partial charge in [-0.25, -0.2) is 4.90 Å². The molecule has 2 aromatic rings. The number of likely N-dealkylation sites (tertiary alicyclic amines) is 1. The molecule has 2 heterocycles. The molecule has 0 spiro atoms. The third-order valence-electron chi connectivity index (χ3n) is 6.41. The second-order valence-corrected chi connectivity index (χ2v) is 8.47. The van der Waals surface area contributed by atoms with Gasteiger partial charge < -0.3 is 19.3 Å². The third-order valence-corrected chi connectivity index (χ3v) is 6.41. The highest BCUT2D eigenvalue weighted by atomic mass is 16.5. The Hall–Kier alpha value is -3.32. The Morgan fingerprint density at radius 1 is 1.00 bits per heavy atom. The van der Waals surface area contributed by atoms with Gasteiger partial charge in [0.25, 0.3) is 11.8 Å². The molecule has 33 heavy (non-hydrogen) atoms. The van der Waals surface area contributed by atoms with Crippen LogP contribution in [0.1, 0.15) is 25.3 Å². The van der Waals surface area contributed by atoms with Gasteiger partial charge in [-0.3, -0.25) is 9.59 Å². The van der Waals surface area contributed by atoms with E-state index in [9.17, 15) is 9.59 Å². The lowest BCUT2D eigenvalue weighted by Crippen LogP contribution is -2.43. The van der Waals surface area contributed by atoms with Crippen LogP contribution < -0.4 is 14.4 Å². The average molecular weight is 450 g/mol. The molecule has 2 amide bonds. The Morgan fingerprint density at radius 2 is 1.70 bits per heavy atom. The lowest BCUT2D eigenvalue weighted by molar-refractivity contribution is -0.120. The van der Waals surface area contributed by atoms with Crippen molar-refractivity contribution >= 4 is 23.1 Å². The van der Waals surface area contributed by atoms with Crippen molar-refractivity contribution in [1.29, 1.82) is 0 Å². The van der Waals surface area contributed by atoms with Crippen LogP contribution in [0, 0.1) is 0 Å². The molecule has 2 aliphatic heterocycles. The molecule has 0 aromatic heterocycles. The van der Waals surface area contributed by atoms with E-state index in [0.717, 1.165) is 31.7 Å². The molecule has 0 N–H and O–H groups in total. The molecule has 0 radical (unpaired) electrons. The number of carbonyl (C=O) groups excluding carboxylic acids is 2. The highest BCUT2D eigenvalue weighted by Crippen LogP contribution is 2.37. The van der Waals surface area contributed by atoms with Crippen LogP contribution in [0.4, 0.5) is 5.69 Å². The van der Waals surface area contributed by atoms with E-state index in [4.69, 9.17) is 9.47 Å². The summed E-state index contributed by atoms with van der Waals surface area (Å²) in [5.41, 5.74) is 2.07. The van der Waals surface area contributed by atoms with Crippen molar-refractivity contribution in [3.8, 4) is 11.5 Å². The molecule has 4 rings (SSSR count). The minimum absolute atomic E-state index is 0.191. The van der Waals surface area contributed by atoms with E-state index in [2.05, 4.69) is 11.9 Å². The summed E-state index contributed by atoms with van der Waals surface area (Å²) in [5, 5.41) is 0. The van der Waals surface area contributed by atoms with Crippen LogP contribution in [0.5, 0.6) is 11.5 Å². The highest BCUT2D eigenvalue weighted by Gasteiger charge is 2.43. The molecule has 7 heteroatoms. The zero-order valence-corrected chi connectivity index (χ0v) is 19.7. The number of amides is 2. The number of rotatable bonds is 7. The molecule has 0 aliphatic carbocycles. The van der Waals surface area contributed by atoms with Crippen molar-refractivity contribution in [2.75, 3.05) is 45.8 Å². The Balaban J connectivity index is 1.76. The summed E-state index contributed by atoms with van der Waals surface area (Å²) < 4.78 is 10.9. The van der Waals surface area contributed by atoms with Gasteiger partial charge in [-0.05, 0) is 69.7 Å². The van der Waals surface area contributed by atoms with Crippen LogP contribution in [0.15, 0.2) is 54.2 Å². The van der Waals surface area contributed by atoms with Crippen molar-refractivity contribution in [3.05, 3.63) is 59.8 Å². The molecule has 2 aliphatic rings. The monoisotopic (exact) mass is 449 g/mol. The summed E-state index contributed by atoms with van der Waals surface area (Å²) >= 11 is 0. The van der Waals surface area contributed by atoms with E-state index in [0.29, 0.717) is 34.9 Å². The Labute approximate surface area is 195 Å². The average Bonchev–Trinajstić information content (AvgIpc) is 3.09. The largest absolute Gasteiger partial charge is 0.497 e. The number of anilines is 1. The van der Waals surface area contributed by atoms with Crippen molar-refractivity contribution in [3.63, 3.8) is 0 Å². The van der Waals surface area contributed by atoms with Gasteiger partial charge in [-0.1, -0.05) is 18.2 Å². The fourth-order valence-corrected chi connectivity index (χ4v) is 4.54. The van der Waals surface area contributed by atoms with Crippen LogP contribution in [-0.2, 0) is 9.59 Å². The number of nitrogens with zero attached hydrogens (tertiary/aromatic N) is 3. The first-order valence-electron chi connectivity index (χ1n) is 11.4. The first-order valence-corrected chi connectivity index (χ1v) is 11.4. The standard InChI is InChI=1S/C26H31N3O4/c1-5-33-21-11-9-18(10-12-21)23-24(28(3)19-13-15-27(2)16-14-19)26(31)29(25(23)30)20-7-6-8-22(17-20)32-4/h6-12,17,19H,5,13-16H2,1-4H3. The number of ether oxygens (including phenoxy) is 2. The molecule has 1 saturated heterocycles. The maximum absolute atomic E-state index is 13.7. The van der Waals surface area contributed by atoms with Gasteiger partial charge >= 0.3 is 0 Å². The van der Waals surface area contributed by atoms with Gasteiger partial charge in [0.05, 0.1) is 25.0 Å². The Kier molecular flexibility index (Phi) is 6.70. The van der Waals surface area contributed by atoms with Gasteiger partial charge in [0.2, 0.25) is 0 Å². The molecule has 1 fully saturated rings. The number of benzene rings is 2. The summed E-state index contributed by atoms with van der Waals surface area (Å²) in [7, 11) is 5.60. The summed E-state index contributed by atoms with van der Waals surface area (Å²) in [6, 6.07) is 14.6. The highest BCUT2D eigenvalue weighted by molar-refractivity contribution is 6.45. The second kappa shape index (κ2) is 9.67. The normalized spacial score (nSPS) is 17.6. The molecule has 7 nitrogen and oxygen atoms in total. The molecular formula is C26H31N3O4. The van der Waals surface area contributed by atoms with Gasteiger partial charge in [-0.15, -0.1) is 0 Å². The van der Waals surface area contributed by atoms with E-state index in [-0.39, 0.29) is 17.9 Å². The van der Waals surface area contributed by atoms with Crippen LogP contribution in [0.2, 0.25) is 0 Å². The molecule has 0 atom stereocenters. The number of methoxy groups -OCH3 is 1. The van der Waals surface area contributed by atoms with E-state index in [1.54, 1.807) is 31.4 Å². The van der Waals surface area contributed by atoms with Crippen LogP contribution in [0.25, 0.3) is 5.57 Å². The number of imide groups is 1. The fraction of sp³-hybridized carbons (Fsp3) is 0.385. The minimum atomic E-state index is -0.327. The zero-order chi connectivity index (χ0) is 23.5. The van der Waals surface area contributed by atoms with Gasteiger partial charge in [-0.2, -0.15) is 0 Å². The number of hydrogen-bond donors (Lipinski definition) is 0. The van der Waals surface area contributed by atoms with Gasteiger partial charge in [0.15, 0.2) is 0 Å². The third kappa shape index (κ3) is 4.46. The van der Waals surface area contributed by atoms with Crippen LogP contribution in [-0.4, -0.2) is 68.6 Å². The van der Waals surface area contributed by atoms with Crippen molar-refractivity contribution in [2.45, 2.75) is 25.8 Å². The molecule has 174 valence electrons. The minimum Gasteiger partial charge on any atom is -0.497 e. The summed E-state index contributed by atoms with van der Waals surface area (Å²) in [4.78, 5) is 33.0. The zero-order valence-electron chi connectivity index (χ0n) is 19.7.